The smallest absolute Gasteiger partial charge is 0.330 e. The highest BCUT2D eigenvalue weighted by Gasteiger charge is 2.43. The van der Waals surface area contributed by atoms with E-state index < -0.39 is 42.4 Å². The molecule has 116 valence electrons. The lowest BCUT2D eigenvalue weighted by molar-refractivity contribution is -0.0550. The van der Waals surface area contributed by atoms with Gasteiger partial charge in [0.25, 0.3) is 5.56 Å². The standard InChI is InChI=1S/C11H12I2N2O6/c12-1-5(13)4-2-15(11(20)14-9(4)19)10-8(18)7(17)6(3-16)21-10/h1-2,6-8,10,16-18H,3H2,(H,14,19,20)/b5-1+/t6-,7?,8?,10-/m0/s1. The van der Waals surface area contributed by atoms with E-state index in [2.05, 4.69) is 4.98 Å². The molecule has 0 bridgehead atoms. The van der Waals surface area contributed by atoms with E-state index in [9.17, 15) is 19.8 Å². The molecule has 10 heteroatoms. The van der Waals surface area contributed by atoms with E-state index in [1.165, 1.54) is 6.20 Å². The van der Waals surface area contributed by atoms with Crippen LogP contribution in [0.1, 0.15) is 11.8 Å². The molecule has 8 nitrogen and oxygen atoms in total. The minimum absolute atomic E-state index is 0.238. The van der Waals surface area contributed by atoms with E-state index in [-0.39, 0.29) is 5.56 Å². The van der Waals surface area contributed by atoms with Gasteiger partial charge in [-0.2, -0.15) is 0 Å². The quantitative estimate of drug-likeness (QED) is 0.391. The minimum atomic E-state index is -1.39. The van der Waals surface area contributed by atoms with E-state index in [4.69, 9.17) is 9.84 Å². The zero-order valence-electron chi connectivity index (χ0n) is 10.4. The molecule has 0 aliphatic carbocycles. The molecule has 2 rings (SSSR count). The first-order chi connectivity index (χ1) is 9.90. The van der Waals surface area contributed by atoms with Crippen LogP contribution >= 0.6 is 45.2 Å². The zero-order chi connectivity index (χ0) is 15.7. The molecular weight excluding hydrogens is 510 g/mol. The number of aromatic nitrogens is 2. The third-order valence-electron chi connectivity index (χ3n) is 3.11. The number of H-pyrrole nitrogens is 1. The Bertz CT molecular complexity index is 669. The molecule has 1 aliphatic rings. The highest BCUT2D eigenvalue weighted by molar-refractivity contribution is 14.1. The number of halogens is 2. The first kappa shape index (κ1) is 17.1. The number of nitrogens with one attached hydrogen (secondary N) is 1. The van der Waals surface area contributed by atoms with Crippen molar-refractivity contribution in [3.63, 3.8) is 0 Å². The van der Waals surface area contributed by atoms with Crippen LogP contribution in [0, 0.1) is 0 Å². The second kappa shape index (κ2) is 6.87. The van der Waals surface area contributed by atoms with Crippen LogP contribution in [0.2, 0.25) is 0 Å². The van der Waals surface area contributed by atoms with Crippen LogP contribution in [0.3, 0.4) is 0 Å². The Labute approximate surface area is 145 Å². The second-order valence-corrected chi connectivity index (χ2v) is 6.18. The highest BCUT2D eigenvalue weighted by atomic mass is 127. The van der Waals surface area contributed by atoms with Crippen LogP contribution in [-0.2, 0) is 4.74 Å². The van der Waals surface area contributed by atoms with E-state index >= 15 is 0 Å². The molecule has 1 saturated heterocycles. The number of hydrogen-bond acceptors (Lipinski definition) is 6. The Morgan fingerprint density at radius 3 is 2.62 bits per heavy atom. The Hall–Kier alpha value is -0.280. The van der Waals surface area contributed by atoms with Crippen molar-refractivity contribution in [2.75, 3.05) is 6.61 Å². The molecule has 0 amide bonds. The fourth-order valence-corrected chi connectivity index (χ4v) is 2.73. The maximum atomic E-state index is 11.9. The summed E-state index contributed by atoms with van der Waals surface area (Å²) >= 11 is 3.89. The predicted molar refractivity (Wildman–Crippen MR) is 90.3 cm³/mol. The van der Waals surface area contributed by atoms with Gasteiger partial charge in [-0.3, -0.25) is 14.3 Å². The molecule has 0 spiro atoms. The van der Waals surface area contributed by atoms with Crippen LogP contribution in [0.5, 0.6) is 0 Å². The SMILES string of the molecule is O=c1[nH]c(=O)n([C@H]2O[C@@H](CO)C(O)C2O)cc1/C(I)=C\I. The Kier molecular flexibility index (Phi) is 5.59. The Morgan fingerprint density at radius 1 is 1.43 bits per heavy atom. The monoisotopic (exact) mass is 522 g/mol. The lowest BCUT2D eigenvalue weighted by Gasteiger charge is -2.17. The van der Waals surface area contributed by atoms with Gasteiger partial charge in [-0.1, -0.05) is 22.6 Å². The molecule has 1 aromatic rings. The molecule has 2 heterocycles. The van der Waals surface area contributed by atoms with Gasteiger partial charge in [0.05, 0.1) is 12.2 Å². The third kappa shape index (κ3) is 3.24. The summed E-state index contributed by atoms with van der Waals surface area (Å²) in [6, 6.07) is 0. The third-order valence-corrected chi connectivity index (χ3v) is 5.82. The summed E-state index contributed by atoms with van der Waals surface area (Å²) in [6.45, 7) is -0.495. The van der Waals surface area contributed by atoms with Crippen LogP contribution in [0.15, 0.2) is 19.9 Å². The topological polar surface area (TPSA) is 125 Å². The van der Waals surface area contributed by atoms with Gasteiger partial charge in [0.1, 0.15) is 18.3 Å². The Morgan fingerprint density at radius 2 is 2.10 bits per heavy atom. The number of hydrogen-bond donors (Lipinski definition) is 4. The normalized spacial score (nSPS) is 29.9. The molecule has 21 heavy (non-hydrogen) atoms. The van der Waals surface area contributed by atoms with Gasteiger partial charge < -0.3 is 20.1 Å². The molecule has 1 aliphatic heterocycles. The summed E-state index contributed by atoms with van der Waals surface area (Å²) in [4.78, 5) is 25.8. The van der Waals surface area contributed by atoms with Crippen molar-refractivity contribution in [1.82, 2.24) is 9.55 Å². The molecule has 2 unspecified atom stereocenters. The van der Waals surface area contributed by atoms with E-state index in [0.717, 1.165) is 4.57 Å². The van der Waals surface area contributed by atoms with Crippen LogP contribution < -0.4 is 11.2 Å². The number of ether oxygens (including phenoxy) is 1. The molecule has 4 atom stereocenters. The molecule has 1 aromatic heterocycles. The second-order valence-electron chi connectivity index (χ2n) is 4.40. The largest absolute Gasteiger partial charge is 0.394 e. The molecular formula is C11H12I2N2O6. The summed E-state index contributed by atoms with van der Waals surface area (Å²) in [5.41, 5.74) is -1.08. The van der Waals surface area contributed by atoms with Crippen molar-refractivity contribution in [1.29, 1.82) is 0 Å². The van der Waals surface area contributed by atoms with E-state index in [1.54, 1.807) is 4.08 Å². The average Bonchev–Trinajstić information content (AvgIpc) is 2.74. The number of nitrogens with zero attached hydrogens (tertiary/aromatic N) is 1. The van der Waals surface area contributed by atoms with Gasteiger partial charge in [0, 0.05) is 9.78 Å². The first-order valence-electron chi connectivity index (χ1n) is 5.85. The van der Waals surface area contributed by atoms with Crippen molar-refractivity contribution in [2.24, 2.45) is 0 Å². The summed E-state index contributed by atoms with van der Waals surface area (Å²) < 4.78 is 8.54. The van der Waals surface area contributed by atoms with Gasteiger partial charge in [-0.05, 0) is 26.7 Å². The number of rotatable bonds is 3. The van der Waals surface area contributed by atoms with Crippen LogP contribution in [-0.4, -0.2) is 49.8 Å². The van der Waals surface area contributed by atoms with E-state index in [1.807, 2.05) is 45.2 Å². The van der Waals surface area contributed by atoms with Gasteiger partial charge in [-0.15, -0.1) is 0 Å². The van der Waals surface area contributed by atoms with Crippen LogP contribution in [0.4, 0.5) is 0 Å². The van der Waals surface area contributed by atoms with Crippen molar-refractivity contribution in [3.05, 3.63) is 36.7 Å². The molecule has 4 N–H and O–H groups in total. The summed E-state index contributed by atoms with van der Waals surface area (Å²) in [7, 11) is 0. The van der Waals surface area contributed by atoms with Crippen molar-refractivity contribution in [3.8, 4) is 0 Å². The van der Waals surface area contributed by atoms with Crippen molar-refractivity contribution >= 4 is 48.8 Å². The molecule has 0 radical (unpaired) electrons. The lowest BCUT2D eigenvalue weighted by Crippen LogP contribution is -2.38. The van der Waals surface area contributed by atoms with Crippen molar-refractivity contribution < 1.29 is 20.1 Å². The average molecular weight is 522 g/mol. The lowest BCUT2D eigenvalue weighted by atomic mass is 10.1. The maximum Gasteiger partial charge on any atom is 0.330 e. The molecule has 1 fully saturated rings. The zero-order valence-corrected chi connectivity index (χ0v) is 14.8. The Balaban J connectivity index is 2.50. The highest BCUT2D eigenvalue weighted by Crippen LogP contribution is 2.29. The van der Waals surface area contributed by atoms with Crippen LogP contribution in [0.25, 0.3) is 3.58 Å². The number of aromatic amines is 1. The summed E-state index contributed by atoms with van der Waals surface area (Å²) in [5, 5.41) is 28.7. The van der Waals surface area contributed by atoms with Gasteiger partial charge in [0.2, 0.25) is 0 Å². The first-order valence-corrected chi connectivity index (χ1v) is 8.17. The number of aliphatic hydroxyl groups is 3. The number of aliphatic hydroxyl groups excluding tert-OH is 3. The minimum Gasteiger partial charge on any atom is -0.394 e. The molecule has 0 aromatic carbocycles. The van der Waals surface area contributed by atoms with Crippen molar-refractivity contribution in [2.45, 2.75) is 24.5 Å². The fourth-order valence-electron chi connectivity index (χ4n) is 2.01. The van der Waals surface area contributed by atoms with Gasteiger partial charge in [0.15, 0.2) is 6.23 Å². The summed E-state index contributed by atoms with van der Waals surface area (Å²) in [6.07, 6.45) is -3.62. The fraction of sp³-hybridized carbons (Fsp3) is 0.455. The van der Waals surface area contributed by atoms with E-state index in [0.29, 0.717) is 3.58 Å². The molecule has 0 saturated carbocycles. The maximum absolute atomic E-state index is 11.9. The van der Waals surface area contributed by atoms with Gasteiger partial charge >= 0.3 is 5.69 Å². The van der Waals surface area contributed by atoms with Gasteiger partial charge in [-0.25, -0.2) is 4.79 Å². The summed E-state index contributed by atoms with van der Waals surface area (Å²) in [5.74, 6) is 0. The predicted octanol–water partition coefficient (Wildman–Crippen LogP) is -0.683.